The molecule has 0 saturated carbocycles. The Bertz CT molecular complexity index is 1850. The summed E-state index contributed by atoms with van der Waals surface area (Å²) in [7, 11) is 0. The summed E-state index contributed by atoms with van der Waals surface area (Å²) in [5.41, 5.74) is 1.96. The number of hydrogen-bond acceptors (Lipinski definition) is 9. The molecule has 1 aromatic heterocycles. The first-order chi connectivity index (χ1) is 25.6. The van der Waals surface area contributed by atoms with E-state index in [1.807, 2.05) is 55.1 Å². The molecule has 3 fully saturated rings. The fraction of sp³-hybridized carbons (Fsp3) is 0.410. The van der Waals surface area contributed by atoms with Crippen molar-refractivity contribution in [3.05, 3.63) is 109 Å². The van der Waals surface area contributed by atoms with E-state index in [1.54, 1.807) is 4.90 Å². The number of carbonyl (C=O) groups excluding carboxylic acids is 1. The second kappa shape index (κ2) is 15.5. The van der Waals surface area contributed by atoms with Gasteiger partial charge in [0.25, 0.3) is 0 Å². The molecule has 0 spiro atoms. The Morgan fingerprint density at radius 3 is 2.26 bits per heavy atom. The smallest absolute Gasteiger partial charge is 0.325 e. The van der Waals surface area contributed by atoms with Gasteiger partial charge in [0.2, 0.25) is 0 Å². The number of aliphatic hydroxyl groups excluding tert-OH is 1. The number of carbonyl (C=O) groups is 1. The number of rotatable bonds is 13. The van der Waals surface area contributed by atoms with Gasteiger partial charge in [-0.2, -0.15) is 5.10 Å². The number of piperazine rings is 1. The first-order valence-electron chi connectivity index (χ1n) is 17.9. The lowest BCUT2D eigenvalue weighted by Gasteiger charge is -2.37. The standard InChI is InChI=1S/C39H45F2N7O5/c1-4-33(49)20-32-21-47(38(50)48(32)27(2)3)31-8-6-29(7-9-31)44-15-17-45(18-16-44)30-10-12-34(13-11-30)51-22-37-52-24-39(53-37,23-46-26-42-25-43-46)35-14-5-28(40)19-36(35)41/h4-14,19,25-27,32-33,37,49H,1,15-18,20-24H2,2-3H3/t32?,33?,37-,39+/m0/s1. The lowest BCUT2D eigenvalue weighted by atomic mass is 9.94. The molecular weight excluding hydrogens is 684 g/mol. The van der Waals surface area contributed by atoms with Crippen LogP contribution >= 0.6 is 0 Å². The molecule has 4 aromatic rings. The van der Waals surface area contributed by atoms with Crippen LogP contribution in [0.4, 0.5) is 30.6 Å². The fourth-order valence-corrected chi connectivity index (χ4v) is 7.45. The van der Waals surface area contributed by atoms with E-state index in [9.17, 15) is 18.7 Å². The van der Waals surface area contributed by atoms with Crippen LogP contribution in [0.3, 0.4) is 0 Å². The molecule has 2 amide bonds. The van der Waals surface area contributed by atoms with Gasteiger partial charge < -0.3 is 34.0 Å². The van der Waals surface area contributed by atoms with Crippen molar-refractivity contribution < 1.29 is 32.9 Å². The van der Waals surface area contributed by atoms with Crippen molar-refractivity contribution in [3.63, 3.8) is 0 Å². The number of nitrogens with zero attached hydrogens (tertiary/aromatic N) is 7. The zero-order valence-corrected chi connectivity index (χ0v) is 29.9. The summed E-state index contributed by atoms with van der Waals surface area (Å²) in [5.74, 6) is -0.767. The van der Waals surface area contributed by atoms with Crippen LogP contribution in [0.15, 0.2) is 92.0 Å². The van der Waals surface area contributed by atoms with Crippen molar-refractivity contribution in [2.75, 3.05) is 60.6 Å². The second-order valence-electron chi connectivity index (χ2n) is 14.0. The van der Waals surface area contributed by atoms with Crippen LogP contribution in [0.5, 0.6) is 5.75 Å². The fourth-order valence-electron chi connectivity index (χ4n) is 7.45. The minimum absolute atomic E-state index is 0.0241. The first-order valence-corrected chi connectivity index (χ1v) is 17.9. The molecule has 3 aliphatic rings. The number of hydrogen-bond donors (Lipinski definition) is 1. The quantitative estimate of drug-likeness (QED) is 0.186. The zero-order chi connectivity index (χ0) is 37.1. The molecule has 3 aliphatic heterocycles. The summed E-state index contributed by atoms with van der Waals surface area (Å²) in [6.07, 6.45) is 3.42. The molecule has 0 radical (unpaired) electrons. The third-order valence-corrected chi connectivity index (χ3v) is 10.1. The van der Waals surface area contributed by atoms with Crippen LogP contribution in [0, 0.1) is 11.6 Å². The van der Waals surface area contributed by atoms with Gasteiger partial charge in [-0.15, -0.1) is 6.58 Å². The summed E-state index contributed by atoms with van der Waals surface area (Å²) in [5, 5.41) is 14.3. The molecule has 3 aromatic carbocycles. The van der Waals surface area contributed by atoms with Gasteiger partial charge in [-0.1, -0.05) is 12.1 Å². The average Bonchev–Trinajstić information content (AvgIpc) is 3.91. The van der Waals surface area contributed by atoms with Gasteiger partial charge in [-0.25, -0.2) is 23.2 Å². The maximum atomic E-state index is 14.9. The highest BCUT2D eigenvalue weighted by atomic mass is 19.1. The van der Waals surface area contributed by atoms with Gasteiger partial charge in [-0.05, 0) is 74.9 Å². The predicted octanol–water partition coefficient (Wildman–Crippen LogP) is 5.19. The number of ether oxygens (including phenoxy) is 3. The van der Waals surface area contributed by atoms with E-state index in [-0.39, 0.29) is 43.4 Å². The molecule has 1 N–H and O–H groups in total. The number of amides is 2. The van der Waals surface area contributed by atoms with Crippen molar-refractivity contribution in [3.8, 4) is 5.75 Å². The zero-order valence-electron chi connectivity index (χ0n) is 29.9. The summed E-state index contributed by atoms with van der Waals surface area (Å²) in [6, 6.07) is 19.3. The second-order valence-corrected chi connectivity index (χ2v) is 14.0. The summed E-state index contributed by atoms with van der Waals surface area (Å²) >= 11 is 0. The van der Waals surface area contributed by atoms with Gasteiger partial charge in [0.15, 0.2) is 6.29 Å². The normalized spacial score (nSPS) is 22.6. The minimum atomic E-state index is -1.24. The summed E-state index contributed by atoms with van der Waals surface area (Å²) in [6.45, 7) is 11.8. The highest BCUT2D eigenvalue weighted by Crippen LogP contribution is 2.37. The number of anilines is 3. The Balaban J connectivity index is 0.911. The Morgan fingerprint density at radius 2 is 1.66 bits per heavy atom. The van der Waals surface area contributed by atoms with E-state index >= 15 is 0 Å². The molecule has 4 heterocycles. The maximum Gasteiger partial charge on any atom is 0.325 e. The van der Waals surface area contributed by atoms with Gasteiger partial charge in [0, 0.05) is 67.5 Å². The number of aliphatic hydroxyl groups is 1. The monoisotopic (exact) mass is 729 g/mol. The van der Waals surface area contributed by atoms with E-state index in [4.69, 9.17) is 14.2 Å². The molecule has 12 nitrogen and oxygen atoms in total. The van der Waals surface area contributed by atoms with Crippen LogP contribution in [0.2, 0.25) is 0 Å². The molecule has 3 saturated heterocycles. The summed E-state index contributed by atoms with van der Waals surface area (Å²) in [4.78, 5) is 25.6. The Morgan fingerprint density at radius 1 is 1.00 bits per heavy atom. The molecule has 280 valence electrons. The Hall–Kier alpha value is -5.05. The SMILES string of the molecule is C=CC(O)CC1CN(c2ccc(N3CCN(c4ccc(OC[C@H]5OC[C@](Cn6cncn6)(c6ccc(F)cc6F)O5)cc4)CC3)cc2)C(=O)N1C(C)C. The minimum Gasteiger partial charge on any atom is -0.488 e. The van der Waals surface area contributed by atoms with Crippen molar-refractivity contribution in [1.82, 2.24) is 19.7 Å². The topological polar surface area (TPSA) is 109 Å². The molecule has 2 unspecified atom stereocenters. The molecule has 0 bridgehead atoms. The predicted molar refractivity (Wildman–Crippen MR) is 196 cm³/mol. The number of aromatic nitrogens is 3. The maximum absolute atomic E-state index is 14.9. The molecule has 4 atom stereocenters. The lowest BCUT2D eigenvalue weighted by molar-refractivity contribution is -0.117. The van der Waals surface area contributed by atoms with Crippen LogP contribution in [0.25, 0.3) is 0 Å². The van der Waals surface area contributed by atoms with Crippen LogP contribution in [-0.4, -0.2) is 101 Å². The summed E-state index contributed by atoms with van der Waals surface area (Å²) < 4.78 is 48.3. The molecule has 7 rings (SSSR count). The third kappa shape index (κ3) is 7.85. The molecular formula is C39H45F2N7O5. The average molecular weight is 730 g/mol. The highest BCUT2D eigenvalue weighted by molar-refractivity contribution is 5.95. The van der Waals surface area contributed by atoms with Crippen molar-refractivity contribution in [1.29, 1.82) is 0 Å². The molecule has 53 heavy (non-hydrogen) atoms. The number of urea groups is 1. The number of halogens is 2. The van der Waals surface area contributed by atoms with Crippen LogP contribution in [-0.2, 0) is 21.6 Å². The van der Waals surface area contributed by atoms with E-state index in [0.717, 1.165) is 49.3 Å². The largest absolute Gasteiger partial charge is 0.488 e. The van der Waals surface area contributed by atoms with Gasteiger partial charge >= 0.3 is 6.03 Å². The van der Waals surface area contributed by atoms with E-state index < -0.39 is 29.6 Å². The van der Waals surface area contributed by atoms with E-state index in [1.165, 1.54) is 35.5 Å². The Labute approximate surface area is 307 Å². The van der Waals surface area contributed by atoms with E-state index in [0.29, 0.717) is 18.7 Å². The highest BCUT2D eigenvalue weighted by Gasteiger charge is 2.46. The van der Waals surface area contributed by atoms with E-state index in [2.05, 4.69) is 38.6 Å². The number of benzene rings is 3. The lowest BCUT2D eigenvalue weighted by Crippen LogP contribution is -2.46. The van der Waals surface area contributed by atoms with Crippen LogP contribution < -0.4 is 19.4 Å². The third-order valence-electron chi connectivity index (χ3n) is 10.1. The first kappa shape index (κ1) is 36.3. The van der Waals surface area contributed by atoms with Gasteiger partial charge in [0.05, 0.1) is 25.3 Å². The molecule has 0 aliphatic carbocycles. The van der Waals surface area contributed by atoms with Crippen LogP contribution in [0.1, 0.15) is 25.8 Å². The van der Waals surface area contributed by atoms with Crippen molar-refractivity contribution in [2.24, 2.45) is 0 Å². The molecule has 14 heteroatoms. The Kier molecular flexibility index (Phi) is 10.6. The van der Waals surface area contributed by atoms with Crippen molar-refractivity contribution in [2.45, 2.75) is 56.9 Å². The van der Waals surface area contributed by atoms with Gasteiger partial charge in [-0.3, -0.25) is 4.90 Å². The van der Waals surface area contributed by atoms with Gasteiger partial charge in [0.1, 0.15) is 42.2 Å². The van der Waals surface area contributed by atoms with Crippen molar-refractivity contribution >= 4 is 23.1 Å².